The van der Waals surface area contributed by atoms with Gasteiger partial charge in [-0.1, -0.05) is 53.1 Å². The van der Waals surface area contributed by atoms with Crippen molar-refractivity contribution in [2.24, 2.45) is 10.8 Å². The Morgan fingerprint density at radius 1 is 1.17 bits per heavy atom. The lowest BCUT2D eigenvalue weighted by molar-refractivity contribution is -0.164. The van der Waals surface area contributed by atoms with E-state index in [4.69, 9.17) is 21.6 Å². The summed E-state index contributed by atoms with van der Waals surface area (Å²) in [6.45, 7) is 14.2. The highest BCUT2D eigenvalue weighted by atomic mass is 35.5. The molecule has 2 aromatic rings. The molecular formula is C24H30ClN3O2. The van der Waals surface area contributed by atoms with Gasteiger partial charge in [0.1, 0.15) is 17.9 Å². The van der Waals surface area contributed by atoms with Gasteiger partial charge in [0.15, 0.2) is 0 Å². The summed E-state index contributed by atoms with van der Waals surface area (Å²) in [4.78, 5) is 16.9. The number of rotatable bonds is 4. The third kappa shape index (κ3) is 4.44. The summed E-state index contributed by atoms with van der Waals surface area (Å²) in [5.41, 5.74) is 1.24. The molecule has 0 saturated heterocycles. The molecule has 5 nitrogen and oxygen atoms in total. The smallest absolute Gasteiger partial charge is 0.253 e. The molecule has 6 heteroatoms. The van der Waals surface area contributed by atoms with Gasteiger partial charge in [-0.25, -0.2) is 0 Å². The van der Waals surface area contributed by atoms with E-state index in [1.54, 1.807) is 30.5 Å². The van der Waals surface area contributed by atoms with E-state index in [1.165, 1.54) is 0 Å². The number of pyridine rings is 1. The number of aryl methyl sites for hydroxylation is 1. The first-order valence-corrected chi connectivity index (χ1v) is 10.5. The van der Waals surface area contributed by atoms with Gasteiger partial charge in [-0.2, -0.15) is 5.26 Å². The lowest BCUT2D eigenvalue weighted by Crippen LogP contribution is -2.74. The zero-order valence-corrected chi connectivity index (χ0v) is 19.5. The summed E-state index contributed by atoms with van der Waals surface area (Å²) in [7, 11) is 0. The number of benzene rings is 1. The van der Waals surface area contributed by atoms with E-state index in [0.717, 1.165) is 5.69 Å². The highest BCUT2D eigenvalue weighted by Crippen LogP contribution is 2.55. The Bertz CT molecular complexity index is 930. The Hall–Kier alpha value is -2.58. The lowest BCUT2D eigenvalue weighted by atomic mass is 9.49. The quantitative estimate of drug-likeness (QED) is 0.693. The third-order valence-corrected chi connectivity index (χ3v) is 5.92. The van der Waals surface area contributed by atoms with E-state index >= 15 is 0 Å². The summed E-state index contributed by atoms with van der Waals surface area (Å²) >= 11 is 6.13. The maximum atomic E-state index is 12.7. The summed E-state index contributed by atoms with van der Waals surface area (Å²) in [6, 6.07) is 10.6. The van der Waals surface area contributed by atoms with Crippen LogP contribution >= 0.6 is 11.6 Å². The molecule has 0 aliphatic heterocycles. The molecule has 1 heterocycles. The number of halogens is 1. The number of nitriles is 1. The van der Waals surface area contributed by atoms with E-state index in [0.29, 0.717) is 21.9 Å². The van der Waals surface area contributed by atoms with Gasteiger partial charge in [0.05, 0.1) is 16.1 Å². The molecule has 0 unspecified atom stereocenters. The lowest BCUT2D eigenvalue weighted by Gasteiger charge is -2.63. The highest BCUT2D eigenvalue weighted by Gasteiger charge is 2.64. The van der Waals surface area contributed by atoms with E-state index in [1.807, 2.05) is 32.9 Å². The number of nitrogens with one attached hydrogen (secondary N) is 1. The average Bonchev–Trinajstić information content (AvgIpc) is 2.71. The largest absolute Gasteiger partial charge is 0.489 e. The number of hydrogen-bond acceptors (Lipinski definition) is 4. The van der Waals surface area contributed by atoms with E-state index < -0.39 is 0 Å². The molecule has 3 rings (SSSR count). The Labute approximate surface area is 184 Å². The number of hydrogen-bond donors (Lipinski definition) is 1. The van der Waals surface area contributed by atoms with Crippen LogP contribution < -0.4 is 10.1 Å². The van der Waals surface area contributed by atoms with Crippen LogP contribution in [-0.4, -0.2) is 23.0 Å². The standard InChI is InChI=1S/C22H24ClN3O2.C2H6/c1-13-6-7-15(12-25-13)18(27)26-19-21(2,3)20(22(19,4)5)28-16-9-8-14(11-24)17(23)10-16;1-2/h6-10,12,19-20H,1-5H3,(H,26,27);1-2H3. The number of ether oxygens (including phenoxy) is 1. The molecule has 160 valence electrons. The number of carbonyl (C=O) groups excluding carboxylic acids is 1. The summed E-state index contributed by atoms with van der Waals surface area (Å²) in [5.74, 6) is 0.473. The molecule has 1 aliphatic carbocycles. The molecule has 1 aromatic heterocycles. The molecule has 0 atom stereocenters. The van der Waals surface area contributed by atoms with Crippen molar-refractivity contribution in [3.63, 3.8) is 0 Å². The average molecular weight is 428 g/mol. The third-order valence-electron chi connectivity index (χ3n) is 5.60. The fourth-order valence-corrected chi connectivity index (χ4v) is 4.63. The Balaban J connectivity index is 0.00000155. The van der Waals surface area contributed by atoms with Crippen LogP contribution in [0.25, 0.3) is 0 Å². The number of nitrogens with zero attached hydrogens (tertiary/aromatic N) is 2. The second-order valence-electron chi connectivity index (χ2n) is 8.49. The number of aromatic nitrogens is 1. The molecule has 0 radical (unpaired) electrons. The molecule has 30 heavy (non-hydrogen) atoms. The van der Waals surface area contributed by atoms with Gasteiger partial charge < -0.3 is 10.1 Å². The molecule has 1 aliphatic rings. The van der Waals surface area contributed by atoms with Gasteiger partial charge in [-0.15, -0.1) is 0 Å². The number of amides is 1. The highest BCUT2D eigenvalue weighted by molar-refractivity contribution is 6.31. The second kappa shape index (κ2) is 9.06. The summed E-state index contributed by atoms with van der Waals surface area (Å²) in [5, 5.41) is 12.5. The minimum atomic E-state index is -0.294. The first-order valence-electron chi connectivity index (χ1n) is 10.2. The molecule has 1 amide bonds. The van der Waals surface area contributed by atoms with Crippen LogP contribution in [-0.2, 0) is 0 Å². The Morgan fingerprint density at radius 2 is 1.80 bits per heavy atom. The van der Waals surface area contributed by atoms with Crippen LogP contribution in [0.3, 0.4) is 0 Å². The van der Waals surface area contributed by atoms with Crippen molar-refractivity contribution < 1.29 is 9.53 Å². The molecule has 1 aromatic carbocycles. The van der Waals surface area contributed by atoms with Crippen molar-refractivity contribution in [2.45, 2.75) is 60.6 Å². The van der Waals surface area contributed by atoms with Crippen LogP contribution in [0.15, 0.2) is 36.5 Å². The van der Waals surface area contributed by atoms with Crippen molar-refractivity contribution in [3.8, 4) is 11.8 Å². The maximum absolute atomic E-state index is 12.7. The van der Waals surface area contributed by atoms with E-state index in [2.05, 4.69) is 38.0 Å². The SMILES string of the molecule is CC.Cc1ccc(C(=O)NC2C(C)(C)C(Oc3ccc(C#N)c(Cl)c3)C2(C)C)cn1. The number of carbonyl (C=O) groups is 1. The normalized spacial score (nSPS) is 20.6. The van der Waals surface area contributed by atoms with Crippen molar-refractivity contribution in [1.29, 1.82) is 5.26 Å². The molecule has 0 spiro atoms. The Morgan fingerprint density at radius 3 is 2.30 bits per heavy atom. The van der Waals surface area contributed by atoms with Gasteiger partial charge in [0, 0.05) is 34.8 Å². The first kappa shape index (κ1) is 23.7. The summed E-state index contributed by atoms with van der Waals surface area (Å²) in [6.07, 6.45) is 1.46. The predicted molar refractivity (Wildman–Crippen MR) is 120 cm³/mol. The van der Waals surface area contributed by atoms with E-state index in [9.17, 15) is 4.79 Å². The van der Waals surface area contributed by atoms with Crippen molar-refractivity contribution >= 4 is 17.5 Å². The van der Waals surface area contributed by atoms with Gasteiger partial charge in [0.25, 0.3) is 5.91 Å². The zero-order valence-electron chi connectivity index (χ0n) is 18.7. The van der Waals surface area contributed by atoms with Crippen LogP contribution in [0.1, 0.15) is 63.2 Å². The molecular weight excluding hydrogens is 398 g/mol. The van der Waals surface area contributed by atoms with Crippen molar-refractivity contribution in [2.75, 3.05) is 0 Å². The predicted octanol–water partition coefficient (Wildman–Crippen LogP) is 5.55. The molecule has 1 N–H and O–H groups in total. The Kier molecular flexibility index (Phi) is 7.15. The van der Waals surface area contributed by atoms with Crippen molar-refractivity contribution in [1.82, 2.24) is 10.3 Å². The zero-order chi connectivity index (χ0) is 22.7. The second-order valence-corrected chi connectivity index (χ2v) is 8.90. The first-order chi connectivity index (χ1) is 14.1. The minimum Gasteiger partial charge on any atom is -0.489 e. The maximum Gasteiger partial charge on any atom is 0.253 e. The summed E-state index contributed by atoms with van der Waals surface area (Å²) < 4.78 is 6.24. The van der Waals surface area contributed by atoms with Crippen LogP contribution in [0, 0.1) is 29.1 Å². The van der Waals surface area contributed by atoms with Crippen LogP contribution in [0.5, 0.6) is 5.75 Å². The van der Waals surface area contributed by atoms with Crippen LogP contribution in [0.2, 0.25) is 5.02 Å². The van der Waals surface area contributed by atoms with Gasteiger partial charge in [-0.3, -0.25) is 9.78 Å². The minimum absolute atomic E-state index is 0.0762. The fraction of sp³-hybridized carbons (Fsp3) is 0.458. The molecule has 1 fully saturated rings. The molecule has 1 saturated carbocycles. The van der Waals surface area contributed by atoms with Gasteiger partial charge >= 0.3 is 0 Å². The van der Waals surface area contributed by atoms with Crippen LogP contribution in [0.4, 0.5) is 0 Å². The fourth-order valence-electron chi connectivity index (χ4n) is 4.41. The van der Waals surface area contributed by atoms with E-state index in [-0.39, 0.29) is 28.9 Å². The van der Waals surface area contributed by atoms with Crippen molar-refractivity contribution in [3.05, 3.63) is 58.4 Å². The van der Waals surface area contributed by atoms with Gasteiger partial charge in [-0.05, 0) is 31.2 Å². The molecule has 0 bridgehead atoms. The van der Waals surface area contributed by atoms with Gasteiger partial charge in [0.2, 0.25) is 0 Å². The monoisotopic (exact) mass is 427 g/mol. The topological polar surface area (TPSA) is 75.0 Å².